The van der Waals surface area contributed by atoms with Gasteiger partial charge < -0.3 is 5.32 Å². The minimum atomic E-state index is -0.341. The average Bonchev–Trinajstić information content (AvgIpc) is 3.08. The molecule has 0 saturated heterocycles. The number of anilines is 1. The average molecular weight is 438 g/mol. The van der Waals surface area contributed by atoms with E-state index in [9.17, 15) is 4.79 Å². The van der Waals surface area contributed by atoms with Crippen molar-refractivity contribution in [1.82, 2.24) is 5.01 Å². The van der Waals surface area contributed by atoms with Crippen LogP contribution in [0.5, 0.6) is 0 Å². The van der Waals surface area contributed by atoms with Crippen LogP contribution < -0.4 is 5.32 Å². The molecular weight excluding hydrogens is 417 g/mol. The Labute approximate surface area is 186 Å². The Morgan fingerprint density at radius 3 is 2.20 bits per heavy atom. The summed E-state index contributed by atoms with van der Waals surface area (Å²) >= 11 is 12.0. The van der Waals surface area contributed by atoms with Crippen LogP contribution in [0.3, 0.4) is 0 Å². The van der Waals surface area contributed by atoms with Crippen molar-refractivity contribution in [3.05, 3.63) is 100 Å². The molecule has 0 aliphatic carbocycles. The van der Waals surface area contributed by atoms with Gasteiger partial charge >= 0.3 is 6.03 Å². The maximum atomic E-state index is 12.9. The molecule has 30 heavy (non-hydrogen) atoms. The molecule has 0 radical (unpaired) electrons. The number of carbonyl (C=O) groups excluding carboxylic acids is 1. The van der Waals surface area contributed by atoms with Crippen molar-refractivity contribution in [3.8, 4) is 0 Å². The van der Waals surface area contributed by atoms with Crippen molar-refractivity contribution < 1.29 is 4.79 Å². The molecule has 1 unspecified atom stereocenters. The van der Waals surface area contributed by atoms with Gasteiger partial charge in [0.05, 0.1) is 12.3 Å². The summed E-state index contributed by atoms with van der Waals surface area (Å²) in [4.78, 5) is 12.9. The minimum Gasteiger partial charge on any atom is -0.306 e. The summed E-state index contributed by atoms with van der Waals surface area (Å²) in [6.45, 7) is 2.61. The van der Waals surface area contributed by atoms with Gasteiger partial charge in [0.25, 0.3) is 0 Å². The van der Waals surface area contributed by atoms with E-state index in [2.05, 4.69) is 24.4 Å². The van der Waals surface area contributed by atoms with Crippen LogP contribution in [0.1, 0.15) is 18.1 Å². The van der Waals surface area contributed by atoms with E-state index in [0.717, 1.165) is 17.7 Å². The van der Waals surface area contributed by atoms with Gasteiger partial charge in [-0.3, -0.25) is 0 Å². The Kier molecular flexibility index (Phi) is 5.80. The molecule has 6 heteroatoms. The molecule has 152 valence electrons. The van der Waals surface area contributed by atoms with E-state index >= 15 is 0 Å². The number of nitrogens with zero attached hydrogens (tertiary/aromatic N) is 2. The second kappa shape index (κ2) is 8.50. The van der Waals surface area contributed by atoms with E-state index in [-0.39, 0.29) is 11.4 Å². The molecule has 1 aliphatic heterocycles. The Balaban J connectivity index is 1.63. The number of carbonyl (C=O) groups is 1. The maximum Gasteiger partial charge on any atom is 0.342 e. The number of urea groups is 1. The van der Waals surface area contributed by atoms with E-state index in [1.165, 1.54) is 10.6 Å². The predicted octanol–water partition coefficient (Wildman–Crippen LogP) is 6.49. The predicted molar refractivity (Wildman–Crippen MR) is 123 cm³/mol. The topological polar surface area (TPSA) is 44.7 Å². The molecule has 1 atom stereocenters. The zero-order valence-corrected chi connectivity index (χ0v) is 18.0. The smallest absolute Gasteiger partial charge is 0.306 e. The van der Waals surface area contributed by atoms with E-state index in [4.69, 9.17) is 28.3 Å². The van der Waals surface area contributed by atoms with Gasteiger partial charge in [-0.05, 0) is 53.9 Å². The number of hydrogen-bond acceptors (Lipinski definition) is 2. The molecule has 0 fully saturated rings. The van der Waals surface area contributed by atoms with Gasteiger partial charge in [0.2, 0.25) is 0 Å². The molecule has 3 aromatic carbocycles. The minimum absolute atomic E-state index is 0.277. The van der Waals surface area contributed by atoms with Crippen LogP contribution in [0.15, 0.2) is 84.0 Å². The highest BCUT2D eigenvalue weighted by Gasteiger charge is 2.41. The first kappa shape index (κ1) is 20.5. The lowest BCUT2D eigenvalue weighted by Crippen LogP contribution is -2.37. The van der Waals surface area contributed by atoms with Crippen LogP contribution in [-0.4, -0.2) is 23.3 Å². The molecule has 4 rings (SSSR count). The van der Waals surface area contributed by atoms with Crippen molar-refractivity contribution in [3.63, 3.8) is 0 Å². The number of rotatable bonds is 4. The fraction of sp³-hybridized carbons (Fsp3) is 0.167. The highest BCUT2D eigenvalue weighted by atomic mass is 35.5. The first-order valence-corrected chi connectivity index (χ1v) is 10.4. The Bertz CT molecular complexity index is 1070. The second-order valence-corrected chi connectivity index (χ2v) is 8.55. The number of amides is 2. The van der Waals surface area contributed by atoms with Crippen LogP contribution in [0.25, 0.3) is 0 Å². The van der Waals surface area contributed by atoms with Gasteiger partial charge in [-0.25, -0.2) is 9.80 Å². The summed E-state index contributed by atoms with van der Waals surface area (Å²) in [5.41, 5.74) is 3.35. The molecule has 0 aromatic heterocycles. The van der Waals surface area contributed by atoms with Gasteiger partial charge in [0.15, 0.2) is 0 Å². The lowest BCUT2D eigenvalue weighted by atomic mass is 9.77. The van der Waals surface area contributed by atoms with Crippen LogP contribution in [0, 0.1) is 5.41 Å². The van der Waals surface area contributed by atoms with Gasteiger partial charge in [-0.2, -0.15) is 5.10 Å². The summed E-state index contributed by atoms with van der Waals surface area (Å²) < 4.78 is 0. The fourth-order valence-electron chi connectivity index (χ4n) is 3.72. The molecule has 1 heterocycles. The van der Waals surface area contributed by atoms with Crippen LogP contribution >= 0.6 is 23.2 Å². The van der Waals surface area contributed by atoms with Gasteiger partial charge in [-0.15, -0.1) is 0 Å². The third-order valence-corrected chi connectivity index (χ3v) is 5.68. The molecule has 0 bridgehead atoms. The molecule has 4 nitrogen and oxygen atoms in total. The zero-order valence-electron chi connectivity index (χ0n) is 16.5. The van der Waals surface area contributed by atoms with E-state index in [0.29, 0.717) is 22.3 Å². The van der Waals surface area contributed by atoms with Crippen molar-refractivity contribution >= 4 is 40.6 Å². The lowest BCUT2D eigenvalue weighted by Gasteiger charge is -2.26. The van der Waals surface area contributed by atoms with Crippen LogP contribution in [0.4, 0.5) is 10.5 Å². The summed E-state index contributed by atoms with van der Waals surface area (Å²) in [7, 11) is 0. The first-order valence-electron chi connectivity index (χ1n) is 9.66. The normalized spacial score (nSPS) is 18.2. The SMILES string of the molecule is CC1(Cc2ccccc2)CN(C(=O)Nc2ccc(Cl)cc2)N=C1c1ccc(Cl)cc1. The molecule has 1 aliphatic rings. The number of nitrogens with one attached hydrogen (secondary N) is 1. The highest BCUT2D eigenvalue weighted by molar-refractivity contribution is 6.31. The molecular formula is C24H21Cl2N3O. The molecule has 2 amide bonds. The number of hydrogen-bond donors (Lipinski definition) is 1. The quantitative estimate of drug-likeness (QED) is 0.497. The van der Waals surface area contributed by atoms with Gasteiger partial charge in [-0.1, -0.05) is 72.6 Å². The fourth-order valence-corrected chi connectivity index (χ4v) is 3.97. The maximum absolute atomic E-state index is 12.9. The van der Waals surface area contributed by atoms with Crippen LogP contribution in [0.2, 0.25) is 10.0 Å². The summed E-state index contributed by atoms with van der Waals surface area (Å²) in [6.07, 6.45) is 0.764. The van der Waals surface area contributed by atoms with E-state index < -0.39 is 0 Å². The zero-order chi connectivity index (χ0) is 21.1. The van der Waals surface area contributed by atoms with Gasteiger partial charge in [0.1, 0.15) is 0 Å². The first-order chi connectivity index (χ1) is 14.4. The molecule has 0 spiro atoms. The van der Waals surface area contributed by atoms with E-state index in [1.807, 2.05) is 42.5 Å². The van der Waals surface area contributed by atoms with Crippen molar-refractivity contribution in [2.45, 2.75) is 13.3 Å². The number of hydrazone groups is 1. The van der Waals surface area contributed by atoms with Crippen LogP contribution in [-0.2, 0) is 6.42 Å². The Morgan fingerprint density at radius 2 is 1.57 bits per heavy atom. The van der Waals surface area contributed by atoms with E-state index in [1.54, 1.807) is 24.3 Å². The lowest BCUT2D eigenvalue weighted by molar-refractivity contribution is 0.208. The summed E-state index contributed by atoms with van der Waals surface area (Å²) in [5, 5.41) is 10.4. The third kappa shape index (κ3) is 4.50. The molecule has 0 saturated carbocycles. The Morgan fingerprint density at radius 1 is 0.967 bits per heavy atom. The molecule has 3 aromatic rings. The third-order valence-electron chi connectivity index (χ3n) is 5.18. The number of halogens is 2. The Hall–Kier alpha value is -2.82. The monoisotopic (exact) mass is 437 g/mol. The highest BCUT2D eigenvalue weighted by Crippen LogP contribution is 2.35. The van der Waals surface area contributed by atoms with Crippen molar-refractivity contribution in [2.75, 3.05) is 11.9 Å². The standard InChI is InChI=1S/C24H21Cl2N3O/c1-24(15-17-5-3-2-4-6-17)16-29(23(30)27-21-13-11-20(26)12-14-21)28-22(24)18-7-9-19(25)10-8-18/h2-14H,15-16H2,1H3,(H,27,30). The largest absolute Gasteiger partial charge is 0.342 e. The summed E-state index contributed by atoms with van der Waals surface area (Å²) in [6, 6.07) is 24.6. The second-order valence-electron chi connectivity index (χ2n) is 7.67. The molecule has 1 N–H and O–H groups in total. The van der Waals surface area contributed by atoms with Crippen molar-refractivity contribution in [1.29, 1.82) is 0 Å². The van der Waals surface area contributed by atoms with Gasteiger partial charge in [0, 0.05) is 21.1 Å². The summed E-state index contributed by atoms with van der Waals surface area (Å²) in [5.74, 6) is 0. The van der Waals surface area contributed by atoms with Crippen molar-refractivity contribution in [2.24, 2.45) is 10.5 Å². The number of benzene rings is 3.